The highest BCUT2D eigenvalue weighted by atomic mass is 32.2. The number of carbonyl (C=O) groups is 1. The van der Waals surface area contributed by atoms with Crippen LogP contribution < -0.4 is 0 Å². The van der Waals surface area contributed by atoms with Crippen molar-refractivity contribution in [2.24, 2.45) is 0 Å². The fourth-order valence-corrected chi connectivity index (χ4v) is 3.92. The van der Waals surface area contributed by atoms with Gasteiger partial charge in [0.1, 0.15) is 11.5 Å². The van der Waals surface area contributed by atoms with Gasteiger partial charge in [0.05, 0.1) is 18.2 Å². The monoisotopic (exact) mass is 345 g/mol. The van der Waals surface area contributed by atoms with E-state index < -0.39 is 0 Å². The molecule has 0 bridgehead atoms. The molecule has 1 unspecified atom stereocenters. The zero-order valence-corrected chi connectivity index (χ0v) is 15.0. The molecular formula is C19H23NO3S. The van der Waals surface area contributed by atoms with Gasteiger partial charge in [-0.2, -0.15) is 0 Å². The number of ether oxygens (including phenoxy) is 1. The van der Waals surface area contributed by atoms with Crippen LogP contribution in [0.1, 0.15) is 34.7 Å². The van der Waals surface area contributed by atoms with E-state index in [0.29, 0.717) is 12.6 Å². The van der Waals surface area contributed by atoms with Crippen molar-refractivity contribution in [1.82, 2.24) is 4.90 Å². The number of hydrogen-bond acceptors (Lipinski definition) is 4. The summed E-state index contributed by atoms with van der Waals surface area (Å²) in [6.45, 7) is 3.23. The van der Waals surface area contributed by atoms with Gasteiger partial charge in [0.15, 0.2) is 0 Å². The lowest BCUT2D eigenvalue weighted by atomic mass is 10.2. The van der Waals surface area contributed by atoms with Crippen molar-refractivity contribution in [3.05, 3.63) is 53.5 Å². The molecule has 0 radical (unpaired) electrons. The van der Waals surface area contributed by atoms with Crippen LogP contribution in [-0.4, -0.2) is 36.3 Å². The van der Waals surface area contributed by atoms with Crippen LogP contribution in [0.3, 0.4) is 0 Å². The number of benzene rings is 1. The molecule has 3 rings (SSSR count). The molecule has 0 spiro atoms. The quantitative estimate of drug-likeness (QED) is 0.738. The van der Waals surface area contributed by atoms with Crippen molar-refractivity contribution < 1.29 is 13.9 Å². The second-order valence-corrected chi connectivity index (χ2v) is 7.18. The van der Waals surface area contributed by atoms with Crippen molar-refractivity contribution in [3.63, 3.8) is 0 Å². The van der Waals surface area contributed by atoms with Crippen LogP contribution in [-0.2, 0) is 11.3 Å². The van der Waals surface area contributed by atoms with Gasteiger partial charge >= 0.3 is 0 Å². The lowest BCUT2D eigenvalue weighted by Gasteiger charge is -2.18. The van der Waals surface area contributed by atoms with Crippen LogP contribution in [0.5, 0.6) is 0 Å². The van der Waals surface area contributed by atoms with Crippen LogP contribution in [0.4, 0.5) is 0 Å². The SMILES string of the molecule is Cc1ccc(CN(C)C(=O)c2ccccc2SCC2CCCO2)o1. The van der Waals surface area contributed by atoms with E-state index in [1.54, 1.807) is 16.7 Å². The number of thioether (sulfide) groups is 1. The first-order valence-electron chi connectivity index (χ1n) is 8.27. The molecule has 24 heavy (non-hydrogen) atoms. The molecule has 128 valence electrons. The zero-order chi connectivity index (χ0) is 16.9. The largest absolute Gasteiger partial charge is 0.464 e. The molecular weight excluding hydrogens is 322 g/mol. The Bertz CT molecular complexity index is 691. The van der Waals surface area contributed by atoms with Crippen LogP contribution in [0.15, 0.2) is 45.7 Å². The molecule has 1 aromatic heterocycles. The number of nitrogens with zero attached hydrogens (tertiary/aromatic N) is 1. The highest BCUT2D eigenvalue weighted by Gasteiger charge is 2.20. The summed E-state index contributed by atoms with van der Waals surface area (Å²) in [6.07, 6.45) is 2.56. The van der Waals surface area contributed by atoms with Gasteiger partial charge in [0.25, 0.3) is 5.91 Å². The summed E-state index contributed by atoms with van der Waals surface area (Å²) in [7, 11) is 1.81. The molecule has 1 fully saturated rings. The topological polar surface area (TPSA) is 42.7 Å². The average molecular weight is 345 g/mol. The maximum Gasteiger partial charge on any atom is 0.255 e. The Morgan fingerprint density at radius 1 is 1.29 bits per heavy atom. The number of amides is 1. The van der Waals surface area contributed by atoms with E-state index in [2.05, 4.69) is 0 Å². The van der Waals surface area contributed by atoms with Crippen molar-refractivity contribution >= 4 is 17.7 Å². The van der Waals surface area contributed by atoms with Gasteiger partial charge in [-0.25, -0.2) is 0 Å². The molecule has 1 aliphatic rings. The third-order valence-corrected chi connectivity index (χ3v) is 5.31. The van der Waals surface area contributed by atoms with Crippen LogP contribution >= 0.6 is 11.8 Å². The Hall–Kier alpha value is -1.72. The normalized spacial score (nSPS) is 17.2. The third-order valence-electron chi connectivity index (χ3n) is 4.10. The van der Waals surface area contributed by atoms with Gasteiger partial charge in [-0.05, 0) is 44.0 Å². The molecule has 2 aromatic rings. The van der Waals surface area contributed by atoms with E-state index in [-0.39, 0.29) is 5.91 Å². The number of aryl methyl sites for hydroxylation is 1. The summed E-state index contributed by atoms with van der Waals surface area (Å²) in [5.41, 5.74) is 0.742. The summed E-state index contributed by atoms with van der Waals surface area (Å²) >= 11 is 1.70. The summed E-state index contributed by atoms with van der Waals surface area (Å²) in [4.78, 5) is 15.5. The van der Waals surface area contributed by atoms with Crippen molar-refractivity contribution in [2.75, 3.05) is 19.4 Å². The minimum atomic E-state index is 0.0134. The lowest BCUT2D eigenvalue weighted by Crippen LogP contribution is -2.26. The minimum absolute atomic E-state index is 0.0134. The smallest absolute Gasteiger partial charge is 0.255 e. The Labute approximate surface area is 147 Å². The minimum Gasteiger partial charge on any atom is -0.464 e. The second-order valence-electron chi connectivity index (χ2n) is 6.12. The van der Waals surface area contributed by atoms with E-state index in [1.165, 1.54) is 0 Å². The van der Waals surface area contributed by atoms with Crippen LogP contribution in [0.2, 0.25) is 0 Å². The highest BCUT2D eigenvalue weighted by Crippen LogP contribution is 2.27. The molecule has 1 aliphatic heterocycles. The van der Waals surface area contributed by atoms with Crippen molar-refractivity contribution in [3.8, 4) is 0 Å². The number of carbonyl (C=O) groups excluding carboxylic acids is 1. The standard InChI is InChI=1S/C19H23NO3S/c1-14-9-10-15(23-14)12-20(2)19(21)17-7-3-4-8-18(17)24-13-16-6-5-11-22-16/h3-4,7-10,16H,5-6,11-13H2,1-2H3. The molecule has 4 nitrogen and oxygen atoms in total. The van der Waals surface area contributed by atoms with E-state index in [4.69, 9.17) is 9.15 Å². The zero-order valence-electron chi connectivity index (χ0n) is 14.2. The Morgan fingerprint density at radius 2 is 2.12 bits per heavy atom. The second kappa shape index (κ2) is 7.90. The molecule has 2 heterocycles. The van der Waals surface area contributed by atoms with Gasteiger partial charge in [-0.3, -0.25) is 4.79 Å². The molecule has 1 aromatic carbocycles. The molecule has 1 atom stereocenters. The molecule has 0 saturated carbocycles. The summed E-state index contributed by atoms with van der Waals surface area (Å²) in [5, 5.41) is 0. The highest BCUT2D eigenvalue weighted by molar-refractivity contribution is 7.99. The molecule has 1 amide bonds. The Balaban J connectivity index is 1.66. The van der Waals surface area contributed by atoms with E-state index in [1.807, 2.05) is 50.4 Å². The molecule has 0 N–H and O–H groups in total. The molecule has 1 saturated heterocycles. The first-order chi connectivity index (χ1) is 11.6. The first kappa shape index (κ1) is 17.1. The fourth-order valence-electron chi connectivity index (χ4n) is 2.81. The van der Waals surface area contributed by atoms with Crippen molar-refractivity contribution in [2.45, 2.75) is 37.3 Å². The van der Waals surface area contributed by atoms with Gasteiger partial charge in [0, 0.05) is 24.3 Å². The number of furan rings is 1. The van der Waals surface area contributed by atoms with Gasteiger partial charge in [-0.15, -0.1) is 11.8 Å². The number of rotatable bonds is 6. The van der Waals surface area contributed by atoms with Gasteiger partial charge < -0.3 is 14.1 Å². The average Bonchev–Trinajstić information content (AvgIpc) is 3.24. The fraction of sp³-hybridized carbons (Fsp3) is 0.421. The van der Waals surface area contributed by atoms with Crippen LogP contribution in [0.25, 0.3) is 0 Å². The molecule has 5 heteroatoms. The van der Waals surface area contributed by atoms with E-state index in [0.717, 1.165) is 47.2 Å². The maximum absolute atomic E-state index is 12.8. The predicted molar refractivity (Wildman–Crippen MR) is 95.4 cm³/mol. The van der Waals surface area contributed by atoms with Gasteiger partial charge in [-0.1, -0.05) is 12.1 Å². The Kier molecular flexibility index (Phi) is 5.63. The van der Waals surface area contributed by atoms with Crippen LogP contribution in [0, 0.1) is 6.92 Å². The third kappa shape index (κ3) is 4.22. The Morgan fingerprint density at radius 3 is 2.83 bits per heavy atom. The summed E-state index contributed by atoms with van der Waals surface area (Å²) < 4.78 is 11.2. The summed E-state index contributed by atoms with van der Waals surface area (Å²) in [6, 6.07) is 11.6. The van der Waals surface area contributed by atoms with Crippen molar-refractivity contribution in [1.29, 1.82) is 0 Å². The number of hydrogen-bond donors (Lipinski definition) is 0. The molecule has 0 aliphatic carbocycles. The van der Waals surface area contributed by atoms with E-state index >= 15 is 0 Å². The first-order valence-corrected chi connectivity index (χ1v) is 9.26. The lowest BCUT2D eigenvalue weighted by molar-refractivity contribution is 0.0771. The predicted octanol–water partition coefficient (Wildman–Crippen LogP) is 4.13. The van der Waals surface area contributed by atoms with E-state index in [9.17, 15) is 4.79 Å². The maximum atomic E-state index is 12.8. The summed E-state index contributed by atoms with van der Waals surface area (Å²) in [5.74, 6) is 2.57. The van der Waals surface area contributed by atoms with Gasteiger partial charge in [0.2, 0.25) is 0 Å².